The third-order valence-corrected chi connectivity index (χ3v) is 4.87. The lowest BCUT2D eigenvalue weighted by Gasteiger charge is -2.34. The third-order valence-electron chi connectivity index (χ3n) is 4.87. The van der Waals surface area contributed by atoms with E-state index in [1.54, 1.807) is 6.92 Å². The molecule has 0 unspecified atom stereocenters. The Bertz CT molecular complexity index is 830. The topological polar surface area (TPSA) is 65.0 Å². The molecule has 0 bridgehead atoms. The van der Waals surface area contributed by atoms with E-state index in [9.17, 15) is 9.59 Å². The second-order valence-electron chi connectivity index (χ2n) is 6.40. The number of guanidine groups is 1. The molecule has 0 spiro atoms. The fraction of sp³-hybridized carbons (Fsp3) is 0.316. The van der Waals surface area contributed by atoms with Crippen molar-refractivity contribution in [3.05, 3.63) is 47.2 Å². The minimum absolute atomic E-state index is 0.0884. The molecule has 0 aromatic heterocycles. The van der Waals surface area contributed by atoms with Crippen LogP contribution in [0.1, 0.15) is 24.5 Å². The number of nitrogens with one attached hydrogen (secondary N) is 1. The summed E-state index contributed by atoms with van der Waals surface area (Å²) in [6, 6.07) is 8.06. The Morgan fingerprint density at radius 1 is 1.16 bits per heavy atom. The van der Waals surface area contributed by atoms with Crippen molar-refractivity contribution in [2.45, 2.75) is 13.3 Å². The van der Waals surface area contributed by atoms with Crippen LogP contribution in [0, 0.1) is 0 Å². The quantitative estimate of drug-likeness (QED) is 0.730. The summed E-state index contributed by atoms with van der Waals surface area (Å²) in [5.41, 5.74) is 3.65. The maximum Gasteiger partial charge on any atom is 0.277 e. The van der Waals surface area contributed by atoms with Gasteiger partial charge in [-0.15, -0.1) is 0 Å². The van der Waals surface area contributed by atoms with Crippen LogP contribution in [0.2, 0.25) is 0 Å². The first kappa shape index (κ1) is 15.6. The van der Waals surface area contributed by atoms with Gasteiger partial charge in [0, 0.05) is 33.1 Å². The first-order chi connectivity index (χ1) is 12.1. The molecule has 1 aliphatic carbocycles. The molecule has 1 saturated heterocycles. The van der Waals surface area contributed by atoms with E-state index in [-0.39, 0.29) is 11.8 Å². The van der Waals surface area contributed by atoms with Gasteiger partial charge in [-0.05, 0) is 23.1 Å². The molecule has 6 nitrogen and oxygen atoms in total. The van der Waals surface area contributed by atoms with Gasteiger partial charge in [0.1, 0.15) is 5.70 Å². The molecule has 1 fully saturated rings. The van der Waals surface area contributed by atoms with Gasteiger partial charge in [0.15, 0.2) is 0 Å². The van der Waals surface area contributed by atoms with Crippen molar-refractivity contribution < 1.29 is 9.59 Å². The summed E-state index contributed by atoms with van der Waals surface area (Å²) in [5.74, 6) is 0.539. The van der Waals surface area contributed by atoms with Gasteiger partial charge in [-0.1, -0.05) is 36.4 Å². The first-order valence-electron chi connectivity index (χ1n) is 8.53. The van der Waals surface area contributed by atoms with Gasteiger partial charge in [0.05, 0.1) is 0 Å². The van der Waals surface area contributed by atoms with Gasteiger partial charge in [0.25, 0.3) is 5.91 Å². The summed E-state index contributed by atoms with van der Waals surface area (Å²) in [7, 11) is 0. The Balaban J connectivity index is 1.61. The van der Waals surface area contributed by atoms with E-state index in [1.807, 2.05) is 34.1 Å². The van der Waals surface area contributed by atoms with Gasteiger partial charge in [-0.3, -0.25) is 14.9 Å². The highest BCUT2D eigenvalue weighted by Crippen LogP contribution is 2.32. The average Bonchev–Trinajstić information content (AvgIpc) is 3.03. The van der Waals surface area contributed by atoms with E-state index >= 15 is 0 Å². The number of piperazine rings is 1. The number of allylic oxidation sites excluding steroid dienone is 2. The second kappa shape index (κ2) is 6.20. The van der Waals surface area contributed by atoms with Crippen LogP contribution in [0.25, 0.3) is 11.6 Å². The summed E-state index contributed by atoms with van der Waals surface area (Å²) >= 11 is 0. The van der Waals surface area contributed by atoms with E-state index in [1.165, 1.54) is 0 Å². The van der Waals surface area contributed by atoms with Crippen molar-refractivity contribution in [3.8, 4) is 0 Å². The fourth-order valence-electron chi connectivity index (χ4n) is 3.49. The van der Waals surface area contributed by atoms with Crippen molar-refractivity contribution in [1.29, 1.82) is 0 Å². The zero-order valence-electron chi connectivity index (χ0n) is 14.2. The molecular formula is C19H20N4O2. The molecule has 25 heavy (non-hydrogen) atoms. The van der Waals surface area contributed by atoms with Crippen LogP contribution in [0.5, 0.6) is 0 Å². The van der Waals surface area contributed by atoms with E-state index in [2.05, 4.69) is 22.5 Å². The van der Waals surface area contributed by atoms with E-state index in [4.69, 9.17) is 0 Å². The van der Waals surface area contributed by atoms with Gasteiger partial charge in [0.2, 0.25) is 11.9 Å². The molecule has 0 atom stereocenters. The number of aliphatic imine (C=N–C) groups is 1. The van der Waals surface area contributed by atoms with Gasteiger partial charge in [-0.25, -0.2) is 4.99 Å². The third kappa shape index (κ3) is 2.84. The summed E-state index contributed by atoms with van der Waals surface area (Å²) in [5, 5.41) is 2.90. The van der Waals surface area contributed by atoms with Crippen LogP contribution in [0.15, 0.2) is 41.0 Å². The number of hydrogen-bond acceptors (Lipinski definition) is 4. The predicted molar refractivity (Wildman–Crippen MR) is 96.4 cm³/mol. The standard InChI is InChI=1S/C19H20N4O2/c1-13(24)22-9-11-23(12-10-22)19-20-17(18(25)21-19)16-8-4-6-14-5-2-3-7-15(14)16/h2-7H,8-12H2,1H3,(H,20,21,25). The molecule has 2 heterocycles. The Labute approximate surface area is 146 Å². The number of hydrogen-bond donors (Lipinski definition) is 1. The van der Waals surface area contributed by atoms with Crippen molar-refractivity contribution in [1.82, 2.24) is 15.1 Å². The Kier molecular flexibility index (Phi) is 3.87. The number of benzene rings is 1. The molecule has 4 rings (SSSR count). The minimum Gasteiger partial charge on any atom is -0.339 e. The predicted octanol–water partition coefficient (Wildman–Crippen LogP) is 1.46. The molecule has 1 aromatic carbocycles. The molecule has 0 saturated carbocycles. The van der Waals surface area contributed by atoms with Crippen molar-refractivity contribution in [3.63, 3.8) is 0 Å². The summed E-state index contributed by atoms with van der Waals surface area (Å²) < 4.78 is 0. The number of fused-ring (bicyclic) bond motifs is 1. The van der Waals surface area contributed by atoms with Crippen LogP contribution < -0.4 is 5.32 Å². The number of carbonyl (C=O) groups excluding carboxylic acids is 2. The largest absolute Gasteiger partial charge is 0.339 e. The van der Waals surface area contributed by atoms with Gasteiger partial charge in [-0.2, -0.15) is 0 Å². The minimum atomic E-state index is -0.149. The molecule has 2 amide bonds. The zero-order valence-corrected chi connectivity index (χ0v) is 14.2. The van der Waals surface area contributed by atoms with Crippen LogP contribution in [0.3, 0.4) is 0 Å². The highest BCUT2D eigenvalue weighted by atomic mass is 16.2. The lowest BCUT2D eigenvalue weighted by Crippen LogP contribution is -2.52. The first-order valence-corrected chi connectivity index (χ1v) is 8.53. The van der Waals surface area contributed by atoms with E-state index < -0.39 is 0 Å². The normalized spacial score (nSPS) is 22.6. The molecular weight excluding hydrogens is 316 g/mol. The second-order valence-corrected chi connectivity index (χ2v) is 6.40. The van der Waals surface area contributed by atoms with E-state index in [0.29, 0.717) is 44.3 Å². The number of carbonyl (C=O) groups is 2. The summed E-state index contributed by atoms with van der Waals surface area (Å²) in [6.45, 7) is 4.25. The lowest BCUT2D eigenvalue weighted by molar-refractivity contribution is -0.130. The fourth-order valence-corrected chi connectivity index (χ4v) is 3.49. The van der Waals surface area contributed by atoms with Gasteiger partial charge < -0.3 is 9.80 Å². The molecule has 0 radical (unpaired) electrons. The van der Waals surface area contributed by atoms with E-state index in [0.717, 1.165) is 16.7 Å². The highest BCUT2D eigenvalue weighted by molar-refractivity contribution is 6.15. The van der Waals surface area contributed by atoms with Crippen molar-refractivity contribution in [2.75, 3.05) is 26.2 Å². The number of amides is 2. The molecule has 128 valence electrons. The number of rotatable bonds is 0. The SMILES string of the molecule is CC(=O)N1CCN(C2=NC(=C3CC=Cc4ccccc43)C(=O)N2)CC1. The monoisotopic (exact) mass is 336 g/mol. The van der Waals surface area contributed by atoms with Crippen LogP contribution in [-0.4, -0.2) is 53.8 Å². The Morgan fingerprint density at radius 2 is 1.92 bits per heavy atom. The zero-order chi connectivity index (χ0) is 17.4. The highest BCUT2D eigenvalue weighted by Gasteiger charge is 2.30. The van der Waals surface area contributed by atoms with Gasteiger partial charge >= 0.3 is 0 Å². The molecule has 3 aliphatic rings. The smallest absolute Gasteiger partial charge is 0.277 e. The summed E-state index contributed by atoms with van der Waals surface area (Å²) in [4.78, 5) is 32.4. The Morgan fingerprint density at radius 3 is 2.68 bits per heavy atom. The van der Waals surface area contributed by atoms with Crippen LogP contribution >= 0.6 is 0 Å². The van der Waals surface area contributed by atoms with Crippen molar-refractivity contribution in [2.24, 2.45) is 4.99 Å². The molecule has 1 N–H and O–H groups in total. The van der Waals surface area contributed by atoms with Crippen LogP contribution in [0.4, 0.5) is 0 Å². The maximum absolute atomic E-state index is 12.5. The Hall–Kier alpha value is -2.89. The molecule has 6 heteroatoms. The maximum atomic E-state index is 12.5. The van der Waals surface area contributed by atoms with Crippen LogP contribution in [-0.2, 0) is 9.59 Å². The van der Waals surface area contributed by atoms with Crippen molar-refractivity contribution >= 4 is 29.4 Å². The molecule has 2 aliphatic heterocycles. The number of nitrogens with zero attached hydrogens (tertiary/aromatic N) is 3. The lowest BCUT2D eigenvalue weighted by atomic mass is 9.91. The average molecular weight is 336 g/mol. The molecule has 1 aromatic rings. The summed E-state index contributed by atoms with van der Waals surface area (Å²) in [6.07, 6.45) is 4.85.